The van der Waals surface area contributed by atoms with Gasteiger partial charge in [0.25, 0.3) is 0 Å². The van der Waals surface area contributed by atoms with E-state index < -0.39 is 0 Å². The highest BCUT2D eigenvalue weighted by molar-refractivity contribution is 6.13. The molecule has 0 amide bonds. The second-order valence-corrected chi connectivity index (χ2v) is 15.7. The van der Waals surface area contributed by atoms with E-state index in [1.54, 1.807) is 0 Å². The van der Waals surface area contributed by atoms with Crippen molar-refractivity contribution < 1.29 is 4.42 Å². The third-order valence-electron chi connectivity index (χ3n) is 12.2. The predicted molar refractivity (Wildman–Crippen MR) is 257 cm³/mol. The quantitative estimate of drug-likeness (QED) is 0.161. The molecule has 0 aliphatic heterocycles. The van der Waals surface area contributed by atoms with Gasteiger partial charge in [-0.1, -0.05) is 164 Å². The maximum Gasteiger partial charge on any atom is 0.143 e. The van der Waals surface area contributed by atoms with Gasteiger partial charge in [-0.15, -0.1) is 0 Å². The van der Waals surface area contributed by atoms with Gasteiger partial charge in [0.1, 0.15) is 11.2 Å². The van der Waals surface area contributed by atoms with Crippen molar-refractivity contribution in [1.82, 2.24) is 4.57 Å². The van der Waals surface area contributed by atoms with E-state index in [1.807, 2.05) is 6.07 Å². The van der Waals surface area contributed by atoms with Crippen LogP contribution in [0.2, 0.25) is 0 Å². The van der Waals surface area contributed by atoms with E-state index in [-0.39, 0.29) is 0 Å². The number of hydrogen-bond donors (Lipinski definition) is 0. The fraction of sp³-hybridized carbons (Fsp3) is 0. The predicted octanol–water partition coefficient (Wildman–Crippen LogP) is 16.3. The Kier molecular flexibility index (Phi) is 8.17. The van der Waals surface area contributed by atoms with Crippen LogP contribution >= 0.6 is 0 Å². The van der Waals surface area contributed by atoms with E-state index >= 15 is 0 Å². The van der Waals surface area contributed by atoms with Gasteiger partial charge < -0.3 is 13.9 Å². The number of aromatic nitrogens is 1. The van der Waals surface area contributed by atoms with Crippen LogP contribution in [0.3, 0.4) is 0 Å². The Morgan fingerprint density at radius 1 is 0.344 bits per heavy atom. The first-order chi connectivity index (χ1) is 30.2. The molecule has 0 saturated carbocycles. The molecule has 0 N–H and O–H groups in total. The molecule has 0 unspecified atom stereocenters. The molecule has 0 spiro atoms. The Morgan fingerprint density at radius 2 is 0.951 bits per heavy atom. The van der Waals surface area contributed by atoms with Gasteiger partial charge in [0.15, 0.2) is 0 Å². The van der Waals surface area contributed by atoms with Gasteiger partial charge in [-0.2, -0.15) is 0 Å². The molecule has 286 valence electrons. The Hall–Kier alpha value is -8.14. The van der Waals surface area contributed by atoms with Gasteiger partial charge in [0.2, 0.25) is 0 Å². The molecule has 0 saturated heterocycles. The van der Waals surface area contributed by atoms with Crippen molar-refractivity contribution in [3.8, 4) is 39.1 Å². The van der Waals surface area contributed by atoms with E-state index in [0.29, 0.717) is 0 Å². The average Bonchev–Trinajstić information content (AvgIpc) is 3.88. The van der Waals surface area contributed by atoms with Crippen LogP contribution < -0.4 is 4.90 Å². The molecule has 12 aromatic rings. The van der Waals surface area contributed by atoms with Gasteiger partial charge in [-0.25, -0.2) is 0 Å². The molecule has 12 rings (SSSR count). The molecule has 0 aliphatic rings. The molecule has 0 aliphatic carbocycles. The lowest BCUT2D eigenvalue weighted by atomic mass is 9.99. The van der Waals surface area contributed by atoms with Crippen LogP contribution in [0.1, 0.15) is 0 Å². The Labute approximate surface area is 353 Å². The summed E-state index contributed by atoms with van der Waals surface area (Å²) in [5, 5.41) is 7.04. The van der Waals surface area contributed by atoms with E-state index in [2.05, 4.69) is 234 Å². The third-order valence-corrected chi connectivity index (χ3v) is 12.2. The number of rotatable bonds is 7. The fourth-order valence-corrected chi connectivity index (χ4v) is 9.29. The minimum atomic E-state index is 0.877. The number of furan rings is 1. The minimum Gasteiger partial charge on any atom is -0.455 e. The maximum atomic E-state index is 6.75. The standard InChI is InChI=1S/C58H38N2O/c1-3-15-39(16-4-1)43-21-13-22-46(35-43)59(54-27-14-20-41-19-7-8-23-48(41)54)45-32-29-42(30-33-45)51-37-47(38-53-50-25-10-12-28-57(50)61-58(51)53)60-55-26-11-9-24-49(55)52-36-44(31-34-56(52)60)40-17-5-2-6-18-40/h1-38H. The second kappa shape index (κ2) is 14.3. The number of hydrogen-bond acceptors (Lipinski definition) is 2. The summed E-state index contributed by atoms with van der Waals surface area (Å²) in [5.74, 6) is 0. The highest BCUT2D eigenvalue weighted by Gasteiger charge is 2.21. The van der Waals surface area contributed by atoms with Crippen molar-refractivity contribution >= 4 is 71.6 Å². The zero-order valence-corrected chi connectivity index (χ0v) is 33.2. The summed E-state index contributed by atoms with van der Waals surface area (Å²) in [5.41, 5.74) is 15.4. The van der Waals surface area contributed by atoms with Gasteiger partial charge in [0.05, 0.1) is 16.7 Å². The second-order valence-electron chi connectivity index (χ2n) is 15.7. The number of anilines is 3. The lowest BCUT2D eigenvalue weighted by Gasteiger charge is -2.27. The van der Waals surface area contributed by atoms with Gasteiger partial charge >= 0.3 is 0 Å². The highest BCUT2D eigenvalue weighted by Crippen LogP contribution is 2.44. The molecule has 2 aromatic heterocycles. The molecular weight excluding hydrogens is 741 g/mol. The average molecular weight is 779 g/mol. The Morgan fingerprint density at radius 3 is 1.75 bits per heavy atom. The minimum absolute atomic E-state index is 0.877. The van der Waals surface area contributed by atoms with Crippen molar-refractivity contribution in [2.24, 2.45) is 0 Å². The van der Waals surface area contributed by atoms with Gasteiger partial charge in [-0.05, 0) is 99.9 Å². The molecule has 2 heterocycles. The largest absolute Gasteiger partial charge is 0.455 e. The van der Waals surface area contributed by atoms with E-state index in [9.17, 15) is 0 Å². The van der Waals surface area contributed by atoms with E-state index in [4.69, 9.17) is 4.42 Å². The van der Waals surface area contributed by atoms with Crippen LogP contribution in [0.5, 0.6) is 0 Å². The molecule has 3 nitrogen and oxygen atoms in total. The molecule has 0 bridgehead atoms. The summed E-state index contributed by atoms with van der Waals surface area (Å²) >= 11 is 0. The number of benzene rings is 10. The molecule has 0 radical (unpaired) electrons. The van der Waals surface area contributed by atoms with Crippen molar-refractivity contribution in [3.63, 3.8) is 0 Å². The van der Waals surface area contributed by atoms with Crippen molar-refractivity contribution in [2.45, 2.75) is 0 Å². The maximum absolute atomic E-state index is 6.75. The van der Waals surface area contributed by atoms with Crippen LogP contribution in [-0.4, -0.2) is 4.57 Å². The first kappa shape index (κ1) is 34.9. The number of fused-ring (bicyclic) bond motifs is 7. The van der Waals surface area contributed by atoms with Gasteiger partial charge in [0, 0.05) is 49.6 Å². The highest BCUT2D eigenvalue weighted by atomic mass is 16.3. The zero-order valence-electron chi connectivity index (χ0n) is 33.2. The summed E-state index contributed by atoms with van der Waals surface area (Å²) in [7, 11) is 0. The molecule has 0 atom stereocenters. The molecule has 0 fully saturated rings. The molecule has 10 aromatic carbocycles. The molecule has 61 heavy (non-hydrogen) atoms. The lowest BCUT2D eigenvalue weighted by molar-refractivity contribution is 0.670. The van der Waals surface area contributed by atoms with Crippen molar-refractivity contribution in [3.05, 3.63) is 231 Å². The summed E-state index contributed by atoms with van der Waals surface area (Å²) < 4.78 is 9.17. The van der Waals surface area contributed by atoms with Crippen LogP contribution in [0.15, 0.2) is 235 Å². The normalized spacial score (nSPS) is 11.6. The summed E-state index contributed by atoms with van der Waals surface area (Å²) in [6.07, 6.45) is 0. The third kappa shape index (κ3) is 5.90. The smallest absolute Gasteiger partial charge is 0.143 e. The van der Waals surface area contributed by atoms with Crippen LogP contribution in [0.4, 0.5) is 17.1 Å². The fourth-order valence-electron chi connectivity index (χ4n) is 9.29. The van der Waals surface area contributed by atoms with E-state index in [0.717, 1.165) is 61.3 Å². The summed E-state index contributed by atoms with van der Waals surface area (Å²) in [4.78, 5) is 2.38. The topological polar surface area (TPSA) is 21.3 Å². The molecule has 3 heteroatoms. The van der Waals surface area contributed by atoms with E-state index in [1.165, 1.54) is 49.3 Å². The Balaban J connectivity index is 1.05. The monoisotopic (exact) mass is 778 g/mol. The molecular formula is C58H38N2O. The van der Waals surface area contributed by atoms with Crippen molar-refractivity contribution in [2.75, 3.05) is 4.90 Å². The summed E-state index contributed by atoms with van der Waals surface area (Å²) in [6.45, 7) is 0. The zero-order chi connectivity index (χ0) is 40.3. The SMILES string of the molecule is c1ccc(-c2cccc(N(c3ccc(-c4cc(-n5c6ccccc6c6cc(-c7ccccc7)ccc65)cc5c4oc4ccccc45)cc3)c3cccc4ccccc34)c2)cc1. The lowest BCUT2D eigenvalue weighted by Crippen LogP contribution is -2.10. The van der Waals surface area contributed by atoms with Crippen molar-refractivity contribution in [1.29, 1.82) is 0 Å². The summed E-state index contributed by atoms with van der Waals surface area (Å²) in [6, 6.07) is 82.9. The first-order valence-electron chi connectivity index (χ1n) is 20.8. The number of para-hydroxylation sites is 2. The van der Waals surface area contributed by atoms with Crippen LogP contribution in [0.25, 0.3) is 93.6 Å². The number of nitrogens with zero attached hydrogens (tertiary/aromatic N) is 2. The first-order valence-corrected chi connectivity index (χ1v) is 20.8. The van der Waals surface area contributed by atoms with Crippen LogP contribution in [0, 0.1) is 0 Å². The Bertz CT molecular complexity index is 3580. The van der Waals surface area contributed by atoms with Gasteiger partial charge in [-0.3, -0.25) is 0 Å². The van der Waals surface area contributed by atoms with Crippen LogP contribution in [-0.2, 0) is 0 Å².